The minimum absolute atomic E-state index is 0.00647. The number of rotatable bonds is 41. The van der Waals surface area contributed by atoms with Crippen LogP contribution in [0.3, 0.4) is 0 Å². The van der Waals surface area contributed by atoms with E-state index in [-0.39, 0.29) is 84.3 Å². The smallest absolute Gasteiger partial charge is 0.410 e. The van der Waals surface area contributed by atoms with Crippen LogP contribution < -0.4 is 0 Å². The second kappa shape index (κ2) is 55.6. The molecule has 6 aliphatic heterocycles. The van der Waals surface area contributed by atoms with Crippen molar-refractivity contribution in [1.29, 1.82) is 0 Å². The fourth-order valence-electron chi connectivity index (χ4n) is 17.9. The van der Waals surface area contributed by atoms with Crippen molar-refractivity contribution in [2.24, 2.45) is 40.9 Å². The number of benzene rings is 4. The lowest BCUT2D eigenvalue weighted by Gasteiger charge is -2.46. The van der Waals surface area contributed by atoms with Crippen molar-refractivity contribution in [1.82, 2.24) is 9.80 Å². The standard InChI is InChI=1S/C49H61N13O18.C38H49N13O14/c1-7-35-41(79-47-38(57-61-53)43(73-28(5)66)42(72-27(4)65)37(77-47)21-54-58-50)45(74-29(6)67)48(76-35)80-44-39(71-26(3)64)33(55-59-51)20-34(56-60-52)40(44)78-46-36(70-25(2)63)19-18-32(75-46)23-62(22-30-14-10-8-11-15-30)49(68)69-24-31-16-12-9-13-17-31;39-47-43-14-25-29(55)30(56)27(46-50-42)36(61-25)64-33-26(17-52)62-37(31(33)57)65-34-28(54)22(44-48-40)13-23(45-49-41)32(34)63-35-24(53)12-11-21(60-35)16-51(15-19-7-3-1-4-8-19)38(58)59-18-20-9-5-2-6-10-20/h8-17,32-48H,7,18-24H2,1-6H3;1-10,21-37,52-57H,11-18H2/t32-,33+,34-,35+,36+,37-,38+,39-,40+,41+,42+,43+,44+,45+,46+,47+,48-;21-,22+,23-,24+,25-,26+,27+,28-,29+,30+,31+,32+,33+,34+,35+,36+,37-/m00/s1. The lowest BCUT2D eigenvalue weighted by molar-refractivity contribution is -0.306. The molecule has 58 nitrogen and oxygen atoms in total. The molecule has 0 radical (unpaired) electrons. The van der Waals surface area contributed by atoms with Gasteiger partial charge in [-0.05, 0) is 111 Å². The molecule has 8 aliphatic rings. The predicted molar refractivity (Wildman–Crippen MR) is 487 cm³/mol. The Morgan fingerprint density at radius 1 is 0.352 bits per heavy atom. The van der Waals surface area contributed by atoms with Crippen LogP contribution in [0.25, 0.3) is 83.5 Å². The number of ether oxygens (including phenoxy) is 19. The van der Waals surface area contributed by atoms with Crippen molar-refractivity contribution >= 4 is 42.0 Å². The number of esters is 5. The Labute approximate surface area is 824 Å². The van der Waals surface area contributed by atoms with E-state index in [9.17, 15) is 103 Å². The van der Waals surface area contributed by atoms with Gasteiger partial charge in [-0.2, -0.15) is 0 Å². The minimum atomic E-state index is -1.87. The molecular formula is C87H110N26O32. The van der Waals surface area contributed by atoms with Crippen molar-refractivity contribution in [3.05, 3.63) is 227 Å². The molecule has 6 saturated heterocycles. The first-order chi connectivity index (χ1) is 69.9. The first-order valence-corrected chi connectivity index (χ1v) is 46.0. The Morgan fingerprint density at radius 2 is 0.752 bits per heavy atom. The normalized spacial score (nSPS) is 32.9. The number of amides is 2. The summed E-state index contributed by atoms with van der Waals surface area (Å²) in [6, 6.07) is 28.0. The van der Waals surface area contributed by atoms with Crippen molar-refractivity contribution < 1.29 is 154 Å². The molecule has 12 rings (SSSR count). The SMILES string of the molecule is CC[C@H]1O[C@@H](O[C@@H]2[C@@H](OC(C)=O)[C@H](N=[N+]=[N-])C[C@H](N=[N+]=[N-])[C@H]2O[C@H]2O[C@H](CN(Cc3ccccc3)C(=O)OCc3ccccc3)CC[C@H]2OC(C)=O)[C@H](OC(C)=O)[C@@H]1O[C@H]1O[C@@H](CN=[N+]=[N-])[C@@H](OC(C)=O)[C@H](OC(C)=O)[C@H]1N=[N+]=[N-].[N-]=[N+]=NC[C@@H]1O[C@H](O[C@H]2[C@@H](O)[C@H](O[C@@H]3[C@@H](O)[C@H](N=[N+]=[N-])C[C@H](N=[N+]=[N-])[C@H]3O[C@H]3O[C@H](CN(Cc4ccccc4)C(=O)OCc4ccccc4)CC[C@H]3O)O[C@@H]2CO)[C@H](N=[N+]=[N-])[C@@H](O)[C@@H]1O. The fraction of sp³-hybridized carbons (Fsp3) is 0.644. The Kier molecular flexibility index (Phi) is 42.9. The molecular weight excluding hydrogens is 1920 g/mol. The monoisotopic (exact) mass is 2030 g/mol. The Hall–Kier alpha value is -13.5. The van der Waals surface area contributed by atoms with Crippen LogP contribution in [-0.4, -0.2) is 324 Å². The molecule has 6 heterocycles. The summed E-state index contributed by atoms with van der Waals surface area (Å²) in [5.41, 5.74) is 78.8. The first-order valence-electron chi connectivity index (χ1n) is 46.0. The molecule has 6 N–H and O–H groups in total. The molecule has 2 saturated carbocycles. The highest BCUT2D eigenvalue weighted by Crippen LogP contribution is 2.44. The van der Waals surface area contributed by atoms with E-state index in [0.717, 1.165) is 49.9 Å². The number of carbonyl (C=O) groups excluding carboxylic acids is 7. The van der Waals surface area contributed by atoms with Gasteiger partial charge in [-0.3, -0.25) is 24.0 Å². The second-order valence-corrected chi connectivity index (χ2v) is 34.3. The van der Waals surface area contributed by atoms with E-state index in [4.69, 9.17) is 95.5 Å². The van der Waals surface area contributed by atoms with Crippen molar-refractivity contribution in [3.63, 3.8) is 0 Å². The van der Waals surface area contributed by atoms with Crippen LogP contribution >= 0.6 is 0 Å². The van der Waals surface area contributed by atoms with Gasteiger partial charge >= 0.3 is 42.0 Å². The van der Waals surface area contributed by atoms with Crippen LogP contribution in [0.15, 0.2) is 162 Å². The van der Waals surface area contributed by atoms with Crippen molar-refractivity contribution in [3.8, 4) is 0 Å². The summed E-state index contributed by atoms with van der Waals surface area (Å²) in [7, 11) is 0. The predicted octanol–water partition coefficient (Wildman–Crippen LogP) is 9.24. The van der Waals surface area contributed by atoms with Crippen LogP contribution in [0.4, 0.5) is 9.59 Å². The zero-order valence-corrected chi connectivity index (χ0v) is 78.9. The maximum absolute atomic E-state index is 13.9. The summed E-state index contributed by atoms with van der Waals surface area (Å²) in [5, 5.41) is 95.4. The summed E-state index contributed by atoms with van der Waals surface area (Å²) >= 11 is 0. The number of azide groups is 8. The molecule has 0 unspecified atom stereocenters. The number of aliphatic hydroxyl groups is 6. The van der Waals surface area contributed by atoms with Crippen LogP contribution in [-0.2, 0) is 140 Å². The molecule has 4 aromatic rings. The van der Waals surface area contributed by atoms with Crippen molar-refractivity contribution in [2.75, 3.05) is 32.8 Å². The molecule has 2 aliphatic carbocycles. The van der Waals surface area contributed by atoms with E-state index in [1.54, 1.807) is 19.1 Å². The Morgan fingerprint density at radius 3 is 1.26 bits per heavy atom. The van der Waals surface area contributed by atoms with Gasteiger partial charge in [0.1, 0.15) is 86.3 Å². The van der Waals surface area contributed by atoms with E-state index in [2.05, 4.69) is 80.2 Å². The maximum atomic E-state index is 13.9. The van der Waals surface area contributed by atoms with Crippen LogP contribution in [0.5, 0.6) is 0 Å². The van der Waals surface area contributed by atoms with Gasteiger partial charge in [0.25, 0.3) is 0 Å². The number of nitrogens with zero attached hydrogens (tertiary/aromatic N) is 26. The largest absolute Gasteiger partial charge is 0.459 e. The summed E-state index contributed by atoms with van der Waals surface area (Å²) in [6.07, 6.45) is -43.5. The number of carbonyl (C=O) groups is 7. The van der Waals surface area contributed by atoms with Gasteiger partial charge < -0.3 is 130 Å². The van der Waals surface area contributed by atoms with Crippen LogP contribution in [0, 0.1) is 0 Å². The number of hydrogen-bond donors (Lipinski definition) is 6. The fourth-order valence-corrected chi connectivity index (χ4v) is 17.9. The molecule has 0 spiro atoms. The quantitative estimate of drug-likeness (QED) is 0.00792. The van der Waals surface area contributed by atoms with Gasteiger partial charge in [0.2, 0.25) is 0 Å². The third-order valence-corrected chi connectivity index (χ3v) is 24.4. The third-order valence-electron chi connectivity index (χ3n) is 24.4. The average molecular weight is 2030 g/mol. The molecule has 2 amide bonds. The van der Waals surface area contributed by atoms with Gasteiger partial charge in [-0.15, -0.1) is 0 Å². The van der Waals surface area contributed by atoms with E-state index in [0.29, 0.717) is 0 Å². The van der Waals surface area contributed by atoms with Gasteiger partial charge in [-0.25, -0.2) is 9.59 Å². The summed E-state index contributed by atoms with van der Waals surface area (Å²) in [5.74, 6) is -4.30. The highest BCUT2D eigenvalue weighted by Gasteiger charge is 2.60. The summed E-state index contributed by atoms with van der Waals surface area (Å²) in [4.78, 5) is 117. The van der Waals surface area contributed by atoms with Crippen molar-refractivity contribution in [2.45, 2.75) is 321 Å². The average Bonchev–Trinajstić information content (AvgIpc) is 1.73. The molecule has 0 aromatic heterocycles. The molecule has 58 heteroatoms. The van der Waals surface area contributed by atoms with Gasteiger partial charge in [-0.1, -0.05) is 169 Å². The van der Waals surface area contributed by atoms with Crippen LogP contribution in [0.1, 0.15) is 109 Å². The van der Waals surface area contributed by atoms with Gasteiger partial charge in [0, 0.05) is 87.0 Å². The molecule has 4 aromatic carbocycles. The molecule has 145 heavy (non-hydrogen) atoms. The zero-order chi connectivity index (χ0) is 104. The lowest BCUT2D eigenvalue weighted by Crippen LogP contribution is -2.62. The lowest BCUT2D eigenvalue weighted by atomic mass is 9.84. The molecule has 0 bridgehead atoms. The Bertz CT molecular complexity index is 5380. The van der Waals surface area contributed by atoms with Gasteiger partial charge in [0.15, 0.2) is 62.2 Å². The highest BCUT2D eigenvalue weighted by atomic mass is 16.8. The number of aliphatic hydroxyl groups excluding tert-OH is 6. The van der Waals surface area contributed by atoms with Gasteiger partial charge in [0.05, 0.1) is 106 Å². The highest BCUT2D eigenvalue weighted by molar-refractivity contribution is 5.70. The maximum Gasteiger partial charge on any atom is 0.410 e. The first kappa shape index (κ1) is 112. The molecule has 34 atom stereocenters. The van der Waals surface area contributed by atoms with E-state index in [1.807, 2.05) is 109 Å². The van der Waals surface area contributed by atoms with Crippen LogP contribution in [0.2, 0.25) is 0 Å². The Balaban J connectivity index is 0.000000282. The summed E-state index contributed by atoms with van der Waals surface area (Å²) in [6.45, 7) is 5.34. The second-order valence-electron chi connectivity index (χ2n) is 34.3. The van der Waals surface area contributed by atoms with E-state index >= 15 is 0 Å². The molecule has 780 valence electrons. The third kappa shape index (κ3) is 30.8. The number of hydrogen-bond acceptors (Lipinski definition) is 40. The minimum Gasteiger partial charge on any atom is -0.459 e. The zero-order valence-electron chi connectivity index (χ0n) is 78.9. The molecule has 8 fully saturated rings. The summed E-state index contributed by atoms with van der Waals surface area (Å²) < 4.78 is 115. The topological polar surface area (TPSA) is 813 Å². The van der Waals surface area contributed by atoms with E-state index < -0.39 is 270 Å². The van der Waals surface area contributed by atoms with E-state index in [1.165, 1.54) is 16.7 Å².